The number of benzene rings is 1. The summed E-state index contributed by atoms with van der Waals surface area (Å²) in [5, 5.41) is 16.8. The summed E-state index contributed by atoms with van der Waals surface area (Å²) < 4.78 is 0. The predicted molar refractivity (Wildman–Crippen MR) is 79.4 cm³/mol. The van der Waals surface area contributed by atoms with Gasteiger partial charge in [0.15, 0.2) is 0 Å². The molecule has 1 unspecified atom stereocenters. The number of nitro benzene ring substituents is 1. The largest absolute Gasteiger partial charge is 0.326 e. The van der Waals surface area contributed by atoms with Crippen LogP contribution in [0.25, 0.3) is 0 Å². The van der Waals surface area contributed by atoms with E-state index < -0.39 is 4.92 Å². The number of anilines is 1. The zero-order valence-corrected chi connectivity index (χ0v) is 12.0. The topological polar surface area (TPSA) is 84.3 Å². The third-order valence-corrected chi connectivity index (χ3v) is 3.28. The van der Waals surface area contributed by atoms with Gasteiger partial charge in [-0.25, -0.2) is 0 Å². The van der Waals surface area contributed by atoms with Crippen LogP contribution in [0.15, 0.2) is 18.2 Å². The number of carbonyl (C=O) groups is 1. The molecule has 1 amide bonds. The van der Waals surface area contributed by atoms with E-state index in [0.29, 0.717) is 17.7 Å². The first-order valence-electron chi connectivity index (χ1n) is 6.34. The Hall–Kier alpha value is -1.66. The highest BCUT2D eigenvalue weighted by Crippen LogP contribution is 2.22. The monoisotopic (exact) mass is 299 g/mol. The van der Waals surface area contributed by atoms with Gasteiger partial charge in [0.2, 0.25) is 5.91 Å². The third-order valence-electron chi connectivity index (χ3n) is 3.28. The maximum absolute atomic E-state index is 11.8. The molecule has 110 valence electrons. The second kappa shape index (κ2) is 7.21. The van der Waals surface area contributed by atoms with Gasteiger partial charge in [-0.3, -0.25) is 14.9 Å². The second-order valence-electron chi connectivity index (χ2n) is 4.80. The smallest absolute Gasteiger partial charge is 0.274 e. The van der Waals surface area contributed by atoms with Crippen LogP contribution in [-0.4, -0.2) is 23.4 Å². The van der Waals surface area contributed by atoms with Gasteiger partial charge < -0.3 is 10.6 Å². The molecular weight excluding hydrogens is 282 g/mol. The highest BCUT2D eigenvalue weighted by Gasteiger charge is 2.18. The molecule has 2 N–H and O–H groups in total. The lowest BCUT2D eigenvalue weighted by atomic mass is 10.1. The average Bonchev–Trinajstić information content (AvgIpc) is 2.84. The van der Waals surface area contributed by atoms with Crippen molar-refractivity contribution in [2.75, 3.05) is 11.9 Å². The van der Waals surface area contributed by atoms with Crippen molar-refractivity contribution in [1.29, 1.82) is 0 Å². The Morgan fingerprint density at radius 3 is 2.90 bits per heavy atom. The van der Waals surface area contributed by atoms with E-state index in [2.05, 4.69) is 10.6 Å². The number of amides is 1. The Labute approximate surface area is 123 Å². The number of nitrogens with zero attached hydrogens (tertiary/aromatic N) is 1. The predicted octanol–water partition coefficient (Wildman–Crippen LogP) is 2.41. The molecular formula is C13H18ClN3O3. The van der Waals surface area contributed by atoms with Crippen LogP contribution in [0, 0.1) is 17.0 Å². The van der Waals surface area contributed by atoms with Crippen molar-refractivity contribution in [2.24, 2.45) is 0 Å². The molecule has 6 nitrogen and oxygen atoms in total. The van der Waals surface area contributed by atoms with E-state index in [1.54, 1.807) is 19.1 Å². The van der Waals surface area contributed by atoms with Crippen LogP contribution in [0.1, 0.15) is 24.8 Å². The van der Waals surface area contributed by atoms with Gasteiger partial charge >= 0.3 is 0 Å². The van der Waals surface area contributed by atoms with Crippen molar-refractivity contribution in [1.82, 2.24) is 5.32 Å². The molecule has 7 heteroatoms. The van der Waals surface area contributed by atoms with Crippen LogP contribution in [0.2, 0.25) is 0 Å². The first-order valence-corrected chi connectivity index (χ1v) is 6.34. The van der Waals surface area contributed by atoms with Crippen molar-refractivity contribution in [3.63, 3.8) is 0 Å². The molecule has 1 aromatic rings. The first-order chi connectivity index (χ1) is 9.06. The number of carbonyl (C=O) groups excluding carboxylic acids is 1. The minimum absolute atomic E-state index is 0. The van der Waals surface area contributed by atoms with E-state index in [1.807, 2.05) is 0 Å². The Bertz CT molecular complexity index is 502. The highest BCUT2D eigenvalue weighted by molar-refractivity contribution is 5.91. The van der Waals surface area contributed by atoms with Gasteiger partial charge in [-0.05, 0) is 32.4 Å². The van der Waals surface area contributed by atoms with E-state index >= 15 is 0 Å². The van der Waals surface area contributed by atoms with Crippen LogP contribution >= 0.6 is 12.4 Å². The molecule has 0 aliphatic carbocycles. The number of nitrogens with one attached hydrogen (secondary N) is 2. The Balaban J connectivity index is 0.00000200. The number of aryl methyl sites for hydroxylation is 1. The fourth-order valence-electron chi connectivity index (χ4n) is 2.25. The van der Waals surface area contributed by atoms with Gasteiger partial charge in [0.1, 0.15) is 0 Å². The minimum Gasteiger partial charge on any atom is -0.326 e. The molecule has 1 aliphatic rings. The average molecular weight is 300 g/mol. The van der Waals surface area contributed by atoms with Crippen LogP contribution < -0.4 is 10.6 Å². The molecule has 0 aromatic heterocycles. The molecule has 2 rings (SSSR count). The molecule has 0 radical (unpaired) electrons. The molecule has 1 aromatic carbocycles. The zero-order valence-electron chi connectivity index (χ0n) is 11.2. The Morgan fingerprint density at radius 1 is 1.55 bits per heavy atom. The van der Waals surface area contributed by atoms with E-state index in [1.165, 1.54) is 6.07 Å². The maximum atomic E-state index is 11.8. The summed E-state index contributed by atoms with van der Waals surface area (Å²) in [4.78, 5) is 22.2. The maximum Gasteiger partial charge on any atom is 0.274 e. The Morgan fingerprint density at radius 2 is 2.30 bits per heavy atom. The van der Waals surface area contributed by atoms with Crippen molar-refractivity contribution in [2.45, 2.75) is 32.2 Å². The summed E-state index contributed by atoms with van der Waals surface area (Å²) in [5.74, 6) is -0.113. The standard InChI is InChI=1S/C13H17N3O3.ClH/c1-9-4-5-11(7-12(9)16(18)19)15-13(17)8-10-3-2-6-14-10;/h4-5,7,10,14H,2-3,6,8H2,1H3,(H,15,17);1H. The molecule has 1 saturated heterocycles. The number of nitro groups is 1. The van der Waals surface area contributed by atoms with Crippen LogP contribution in [0.3, 0.4) is 0 Å². The summed E-state index contributed by atoms with van der Waals surface area (Å²) >= 11 is 0. The molecule has 0 saturated carbocycles. The van der Waals surface area contributed by atoms with Crippen molar-refractivity contribution < 1.29 is 9.72 Å². The molecule has 1 aliphatic heterocycles. The SMILES string of the molecule is Cc1ccc(NC(=O)CC2CCCN2)cc1[N+](=O)[O-].Cl. The molecule has 0 bridgehead atoms. The summed E-state index contributed by atoms with van der Waals surface area (Å²) in [5.41, 5.74) is 1.08. The lowest BCUT2D eigenvalue weighted by Crippen LogP contribution is -2.27. The number of hydrogen-bond acceptors (Lipinski definition) is 4. The van der Waals surface area contributed by atoms with E-state index in [4.69, 9.17) is 0 Å². The Kier molecular flexibility index (Phi) is 5.91. The minimum atomic E-state index is -0.441. The van der Waals surface area contributed by atoms with E-state index in [0.717, 1.165) is 19.4 Å². The van der Waals surface area contributed by atoms with Gasteiger partial charge in [-0.15, -0.1) is 12.4 Å². The van der Waals surface area contributed by atoms with Crippen molar-refractivity contribution >= 4 is 29.7 Å². The van der Waals surface area contributed by atoms with Crippen molar-refractivity contribution in [3.8, 4) is 0 Å². The summed E-state index contributed by atoms with van der Waals surface area (Å²) in [7, 11) is 0. The molecule has 1 heterocycles. The molecule has 0 spiro atoms. The summed E-state index contributed by atoms with van der Waals surface area (Å²) in [6.45, 7) is 2.63. The highest BCUT2D eigenvalue weighted by atomic mass is 35.5. The first kappa shape index (κ1) is 16.4. The number of halogens is 1. The quantitative estimate of drug-likeness (QED) is 0.660. The van der Waals surface area contributed by atoms with Gasteiger partial charge in [-0.2, -0.15) is 0 Å². The van der Waals surface area contributed by atoms with Gasteiger partial charge in [0.05, 0.1) is 4.92 Å². The van der Waals surface area contributed by atoms with Crippen LogP contribution in [0.5, 0.6) is 0 Å². The number of hydrogen-bond donors (Lipinski definition) is 2. The van der Waals surface area contributed by atoms with E-state index in [9.17, 15) is 14.9 Å². The van der Waals surface area contributed by atoms with Crippen LogP contribution in [0.4, 0.5) is 11.4 Å². The summed E-state index contributed by atoms with van der Waals surface area (Å²) in [6.07, 6.45) is 2.50. The molecule has 1 fully saturated rings. The lowest BCUT2D eigenvalue weighted by molar-refractivity contribution is -0.385. The third kappa shape index (κ3) is 4.18. The van der Waals surface area contributed by atoms with Gasteiger partial charge in [0, 0.05) is 29.8 Å². The fourth-order valence-corrected chi connectivity index (χ4v) is 2.25. The lowest BCUT2D eigenvalue weighted by Gasteiger charge is -2.10. The van der Waals surface area contributed by atoms with Crippen LogP contribution in [-0.2, 0) is 4.79 Å². The summed E-state index contributed by atoms with van der Waals surface area (Å²) in [6, 6.07) is 4.94. The zero-order chi connectivity index (χ0) is 13.8. The fraction of sp³-hybridized carbons (Fsp3) is 0.462. The number of rotatable bonds is 4. The normalized spacial score (nSPS) is 17.4. The second-order valence-corrected chi connectivity index (χ2v) is 4.80. The van der Waals surface area contributed by atoms with Gasteiger partial charge in [-0.1, -0.05) is 6.07 Å². The van der Waals surface area contributed by atoms with Gasteiger partial charge in [0.25, 0.3) is 5.69 Å². The van der Waals surface area contributed by atoms with Crippen molar-refractivity contribution in [3.05, 3.63) is 33.9 Å². The van der Waals surface area contributed by atoms with E-state index in [-0.39, 0.29) is 30.0 Å². The molecule has 20 heavy (non-hydrogen) atoms. The molecule has 1 atom stereocenters.